The van der Waals surface area contributed by atoms with Crippen molar-refractivity contribution in [2.24, 2.45) is 45.3 Å². The second-order valence-corrected chi connectivity index (χ2v) is 13.3. The Kier molecular flexibility index (Phi) is 13.5. The highest BCUT2D eigenvalue weighted by atomic mass is 16.7. The normalized spacial score (nSPS) is 45.4. The van der Waals surface area contributed by atoms with Crippen LogP contribution in [0.25, 0.3) is 0 Å². The lowest BCUT2D eigenvalue weighted by Crippen LogP contribution is -2.66. The fraction of sp³-hybridized carbons (Fsp3) is 0.929. The van der Waals surface area contributed by atoms with Gasteiger partial charge in [-0.1, -0.05) is 0 Å². The molecule has 0 bridgehead atoms. The van der Waals surface area contributed by atoms with E-state index in [4.69, 9.17) is 53.3 Å². The molecule has 0 aromatic rings. The van der Waals surface area contributed by atoms with Crippen molar-refractivity contribution >= 4 is 11.7 Å². The van der Waals surface area contributed by atoms with Gasteiger partial charge in [0, 0.05) is 32.0 Å². The van der Waals surface area contributed by atoms with Crippen LogP contribution < -0.4 is 39.7 Å². The van der Waals surface area contributed by atoms with Gasteiger partial charge in [-0.2, -0.15) is 0 Å². The third-order valence-electron chi connectivity index (χ3n) is 9.70. The summed E-state index contributed by atoms with van der Waals surface area (Å²) >= 11 is 0. The molecule has 20 N–H and O–H groups in total. The van der Waals surface area contributed by atoms with Crippen molar-refractivity contribution in [2.75, 3.05) is 26.2 Å². The predicted octanol–water partition coefficient (Wildman–Crippen LogP) is -7.93. The van der Waals surface area contributed by atoms with Crippen molar-refractivity contribution in [3.05, 3.63) is 0 Å². The number of hydrogen-bond donors (Lipinski definition) is 14. The SMILES string of the molecule is NCCC(O)CN[C@@H]1C[C@H](O)[C@@H](CN)O[C@@H]1O[C@H]1[C@H](O)[C@@H](O[C@H]2O[C@H](CO)[C@@H](O)[C@H](N)[C@H]2O)[C@H](CC(=O)C2(O)CC2N=C(N)N)C[C@@H]1N. The number of ketones is 1. The van der Waals surface area contributed by atoms with Crippen LogP contribution in [0.3, 0.4) is 0 Å². The molecule has 2 saturated heterocycles. The molecule has 2 saturated carbocycles. The van der Waals surface area contributed by atoms with Crippen molar-refractivity contribution in [3.8, 4) is 0 Å². The first-order chi connectivity index (χ1) is 22.6. The van der Waals surface area contributed by atoms with Gasteiger partial charge in [0.05, 0.1) is 49.1 Å². The van der Waals surface area contributed by atoms with Crippen LogP contribution in [0.4, 0.5) is 0 Å². The van der Waals surface area contributed by atoms with E-state index in [0.717, 1.165) is 0 Å². The standard InChI is InChI=1S/C28H54N8O12/c29-2-1-11(38)8-35-13-5-14(39)15(7-30)45-25(13)48-24-12(31)3-10(4-18(40)28(44)6-17(28)36-27(33)34)23(22(24)43)47-26-21(42)19(32)20(41)16(9-37)46-26/h10-17,19-26,35,37-39,41-44H,1-9,29-32H2,(H4,33,34,36)/t10-,11?,12-,13+,14-,15+,16+,17?,19-,20+,21+,22+,23-,24+,25+,26+,28?/m0/s1. The van der Waals surface area contributed by atoms with Crippen molar-refractivity contribution in [3.63, 3.8) is 0 Å². The molecule has 2 aliphatic heterocycles. The molecule has 2 heterocycles. The van der Waals surface area contributed by atoms with Gasteiger partial charge >= 0.3 is 0 Å². The Morgan fingerprint density at radius 3 is 2.27 bits per heavy atom. The summed E-state index contributed by atoms with van der Waals surface area (Å²) in [6.07, 6.45) is -13.6. The maximum atomic E-state index is 13.3. The van der Waals surface area contributed by atoms with Gasteiger partial charge in [-0.3, -0.25) is 4.79 Å². The van der Waals surface area contributed by atoms with Gasteiger partial charge < -0.3 is 94.4 Å². The minimum Gasteiger partial charge on any atom is -0.394 e. The Balaban J connectivity index is 1.57. The van der Waals surface area contributed by atoms with E-state index in [-0.39, 0.29) is 51.3 Å². The Morgan fingerprint density at radius 1 is 0.979 bits per heavy atom. The topological polar surface area (TPSA) is 376 Å². The van der Waals surface area contributed by atoms with Crippen molar-refractivity contribution in [2.45, 2.75) is 129 Å². The van der Waals surface area contributed by atoms with E-state index in [9.17, 15) is 40.5 Å². The molecule has 17 atom stereocenters. The van der Waals surface area contributed by atoms with E-state index in [1.54, 1.807) is 0 Å². The summed E-state index contributed by atoms with van der Waals surface area (Å²) in [5.74, 6) is -1.79. The summed E-state index contributed by atoms with van der Waals surface area (Å²) in [6, 6.07) is -3.75. The number of hydrogen-bond acceptors (Lipinski definition) is 18. The average Bonchev–Trinajstić information content (AvgIpc) is 3.69. The molecule has 3 unspecified atom stereocenters. The second-order valence-electron chi connectivity index (χ2n) is 13.3. The number of aliphatic imine (C=N–C) groups is 1. The highest BCUT2D eigenvalue weighted by Crippen LogP contribution is 2.43. The number of rotatable bonds is 15. The van der Waals surface area contributed by atoms with E-state index in [1.807, 2.05) is 0 Å². The zero-order valence-corrected chi connectivity index (χ0v) is 26.7. The van der Waals surface area contributed by atoms with E-state index in [0.29, 0.717) is 6.42 Å². The number of aliphatic hydroxyl groups excluding tert-OH is 6. The predicted molar refractivity (Wildman–Crippen MR) is 166 cm³/mol. The first-order valence-corrected chi connectivity index (χ1v) is 16.3. The fourth-order valence-electron chi connectivity index (χ4n) is 6.71. The van der Waals surface area contributed by atoms with Gasteiger partial charge in [-0.05, 0) is 31.7 Å². The highest BCUT2D eigenvalue weighted by molar-refractivity contribution is 5.92. The Morgan fingerprint density at radius 2 is 1.65 bits per heavy atom. The molecular formula is C28H54N8O12. The number of nitrogens with one attached hydrogen (secondary N) is 1. The van der Waals surface area contributed by atoms with Crippen molar-refractivity contribution < 1.29 is 59.5 Å². The van der Waals surface area contributed by atoms with Crippen LogP contribution in [0, 0.1) is 5.92 Å². The number of guanidine groups is 1. The molecule has 2 aliphatic carbocycles. The molecule has 0 radical (unpaired) electrons. The first kappa shape index (κ1) is 39.1. The molecule has 4 rings (SSSR count). The fourth-order valence-corrected chi connectivity index (χ4v) is 6.71. The summed E-state index contributed by atoms with van der Waals surface area (Å²) in [6.45, 7) is -0.352. The number of carbonyl (C=O) groups excluding carboxylic acids is 1. The molecular weight excluding hydrogens is 640 g/mol. The lowest BCUT2D eigenvalue weighted by molar-refractivity contribution is -0.320. The van der Waals surface area contributed by atoms with Gasteiger partial charge in [-0.25, -0.2) is 4.99 Å². The molecule has 20 nitrogen and oxygen atoms in total. The monoisotopic (exact) mass is 694 g/mol. The summed E-state index contributed by atoms with van der Waals surface area (Å²) in [7, 11) is 0. The number of aliphatic hydroxyl groups is 7. The van der Waals surface area contributed by atoms with Crippen molar-refractivity contribution in [1.29, 1.82) is 0 Å². The summed E-state index contributed by atoms with van der Waals surface area (Å²) in [5.41, 5.74) is 32.9. The zero-order valence-electron chi connectivity index (χ0n) is 26.7. The summed E-state index contributed by atoms with van der Waals surface area (Å²) in [5, 5.41) is 77.4. The lowest BCUT2D eigenvalue weighted by Gasteiger charge is -2.49. The molecule has 20 heteroatoms. The third kappa shape index (κ3) is 8.77. The molecule has 0 spiro atoms. The number of ether oxygens (including phenoxy) is 4. The van der Waals surface area contributed by atoms with Crippen molar-refractivity contribution in [1.82, 2.24) is 5.32 Å². The van der Waals surface area contributed by atoms with Crippen LogP contribution in [-0.4, -0.2) is 171 Å². The maximum absolute atomic E-state index is 13.3. The van der Waals surface area contributed by atoms with Gasteiger partial charge in [0.25, 0.3) is 0 Å². The Labute approximate surface area is 277 Å². The lowest BCUT2D eigenvalue weighted by atomic mass is 9.76. The van der Waals surface area contributed by atoms with E-state index < -0.39 is 116 Å². The summed E-state index contributed by atoms with van der Waals surface area (Å²) < 4.78 is 23.9. The van der Waals surface area contributed by atoms with Crippen LogP contribution in [0.5, 0.6) is 0 Å². The van der Waals surface area contributed by atoms with E-state index in [2.05, 4.69) is 10.3 Å². The van der Waals surface area contributed by atoms with Crippen LogP contribution >= 0.6 is 0 Å². The van der Waals surface area contributed by atoms with Gasteiger partial charge in [0.1, 0.15) is 36.1 Å². The second kappa shape index (κ2) is 16.5. The Hall–Kier alpha value is -1.70. The molecule has 278 valence electrons. The van der Waals surface area contributed by atoms with Gasteiger partial charge in [0.15, 0.2) is 24.3 Å². The number of nitrogens with zero attached hydrogens (tertiary/aromatic N) is 1. The van der Waals surface area contributed by atoms with Gasteiger partial charge in [-0.15, -0.1) is 0 Å². The quantitative estimate of drug-likeness (QED) is 0.0559. The molecule has 4 aliphatic rings. The van der Waals surface area contributed by atoms with Gasteiger partial charge in [0.2, 0.25) is 0 Å². The smallest absolute Gasteiger partial charge is 0.186 e. The highest BCUT2D eigenvalue weighted by Gasteiger charge is 2.60. The molecule has 0 amide bonds. The van der Waals surface area contributed by atoms with Crippen LogP contribution in [0.1, 0.15) is 32.1 Å². The average molecular weight is 695 g/mol. The molecule has 4 fully saturated rings. The maximum Gasteiger partial charge on any atom is 0.186 e. The van der Waals surface area contributed by atoms with Crippen LogP contribution in [0.15, 0.2) is 4.99 Å². The molecule has 48 heavy (non-hydrogen) atoms. The zero-order chi connectivity index (χ0) is 35.5. The van der Waals surface area contributed by atoms with E-state index in [1.165, 1.54) is 0 Å². The van der Waals surface area contributed by atoms with Crippen LogP contribution in [-0.2, 0) is 23.7 Å². The number of Topliss-reactive ketones (excluding diaryl/α,β-unsaturated/α-hetero) is 1. The largest absolute Gasteiger partial charge is 0.394 e. The minimum absolute atomic E-state index is 0.00503. The molecule has 0 aromatic carbocycles. The Bertz CT molecular complexity index is 1090. The minimum atomic E-state index is -1.84. The first-order valence-electron chi connectivity index (χ1n) is 16.3. The molecule has 0 aromatic heterocycles. The number of nitrogens with two attached hydrogens (primary N) is 6. The third-order valence-corrected chi connectivity index (χ3v) is 9.70. The van der Waals surface area contributed by atoms with Crippen LogP contribution in [0.2, 0.25) is 0 Å². The van der Waals surface area contributed by atoms with E-state index >= 15 is 0 Å². The number of carbonyl (C=O) groups is 1. The summed E-state index contributed by atoms with van der Waals surface area (Å²) in [4.78, 5) is 17.2.